The Bertz CT molecular complexity index is 475. The van der Waals surface area contributed by atoms with Crippen molar-refractivity contribution >= 4 is 23.4 Å². The molecule has 1 aromatic rings. The number of nitrogens with one attached hydrogen (secondary N) is 1. The number of hydrogen-bond donors (Lipinski definition) is 2. The molecule has 1 aliphatic carbocycles. The first kappa shape index (κ1) is 15.1. The van der Waals surface area contributed by atoms with Crippen LogP contribution in [-0.2, 0) is 0 Å². The molecule has 0 atom stereocenters. The van der Waals surface area contributed by atoms with Crippen molar-refractivity contribution in [1.82, 2.24) is 9.88 Å². The van der Waals surface area contributed by atoms with Crippen LogP contribution in [0.4, 0.5) is 5.82 Å². The van der Waals surface area contributed by atoms with Gasteiger partial charge in [0.2, 0.25) is 0 Å². The number of nitrogens with zero attached hydrogens (tertiary/aromatic N) is 2. The van der Waals surface area contributed by atoms with Crippen LogP contribution in [0.15, 0.2) is 12.3 Å². The first-order valence-corrected chi connectivity index (χ1v) is 7.29. The summed E-state index contributed by atoms with van der Waals surface area (Å²) in [7, 11) is 2.13. The lowest BCUT2D eigenvalue weighted by molar-refractivity contribution is 0.0697. The van der Waals surface area contributed by atoms with Gasteiger partial charge in [0.05, 0.1) is 10.6 Å². The predicted molar refractivity (Wildman–Crippen MR) is 79.6 cm³/mol. The Kier molecular flexibility index (Phi) is 5.20. The maximum Gasteiger partial charge on any atom is 0.337 e. The molecule has 0 bridgehead atoms. The molecule has 1 aliphatic rings. The van der Waals surface area contributed by atoms with Gasteiger partial charge in [-0.25, -0.2) is 9.78 Å². The van der Waals surface area contributed by atoms with Crippen LogP contribution in [0.1, 0.15) is 36.0 Å². The monoisotopic (exact) mass is 297 g/mol. The molecule has 0 aromatic carbocycles. The Morgan fingerprint density at radius 2 is 2.25 bits per heavy atom. The van der Waals surface area contributed by atoms with E-state index in [9.17, 15) is 4.79 Å². The summed E-state index contributed by atoms with van der Waals surface area (Å²) in [6.07, 6.45) is 6.62. The highest BCUT2D eigenvalue weighted by Crippen LogP contribution is 2.24. The second-order valence-electron chi connectivity index (χ2n) is 5.17. The van der Waals surface area contributed by atoms with Crippen LogP contribution in [0, 0.1) is 0 Å². The molecule has 0 radical (unpaired) electrons. The summed E-state index contributed by atoms with van der Waals surface area (Å²) >= 11 is 6.03. The fraction of sp³-hybridized carbons (Fsp3) is 0.571. The number of carboxylic acid groups (broad SMARTS) is 1. The van der Waals surface area contributed by atoms with Gasteiger partial charge in [-0.1, -0.05) is 24.4 Å². The van der Waals surface area contributed by atoms with E-state index in [4.69, 9.17) is 16.7 Å². The molecular formula is C14H20ClN3O2. The highest BCUT2D eigenvalue weighted by Gasteiger charge is 2.19. The molecule has 0 unspecified atom stereocenters. The summed E-state index contributed by atoms with van der Waals surface area (Å²) in [5.74, 6) is -0.602. The Morgan fingerprint density at radius 1 is 1.55 bits per heavy atom. The topological polar surface area (TPSA) is 65.5 Å². The zero-order valence-electron chi connectivity index (χ0n) is 11.6. The van der Waals surface area contributed by atoms with Crippen LogP contribution in [-0.4, -0.2) is 47.1 Å². The lowest BCUT2D eigenvalue weighted by atomic mass is 10.2. The Hall–Kier alpha value is -1.33. The average Bonchev–Trinajstić information content (AvgIpc) is 2.94. The molecule has 6 heteroatoms. The number of rotatable bonds is 6. The van der Waals surface area contributed by atoms with Crippen molar-refractivity contribution < 1.29 is 9.90 Å². The average molecular weight is 298 g/mol. The number of halogens is 1. The Balaban J connectivity index is 1.87. The van der Waals surface area contributed by atoms with Gasteiger partial charge in [-0.05, 0) is 26.0 Å². The van der Waals surface area contributed by atoms with Crippen LogP contribution in [0.5, 0.6) is 0 Å². The van der Waals surface area contributed by atoms with Crippen LogP contribution in [0.25, 0.3) is 0 Å². The van der Waals surface area contributed by atoms with Gasteiger partial charge in [0, 0.05) is 25.3 Å². The fourth-order valence-corrected chi connectivity index (χ4v) is 2.87. The van der Waals surface area contributed by atoms with Crippen molar-refractivity contribution in [1.29, 1.82) is 0 Å². The summed E-state index contributed by atoms with van der Waals surface area (Å²) in [6.45, 7) is 1.59. The van der Waals surface area contributed by atoms with Gasteiger partial charge >= 0.3 is 5.97 Å². The third-order valence-corrected chi connectivity index (χ3v) is 4.21. The van der Waals surface area contributed by atoms with Crippen molar-refractivity contribution in [3.05, 3.63) is 22.8 Å². The summed E-state index contributed by atoms with van der Waals surface area (Å²) in [5, 5.41) is 12.3. The van der Waals surface area contributed by atoms with Crippen molar-refractivity contribution in [2.45, 2.75) is 31.7 Å². The minimum atomic E-state index is -1.04. The number of anilines is 1. The van der Waals surface area contributed by atoms with E-state index in [0.29, 0.717) is 18.4 Å². The minimum absolute atomic E-state index is 0.0771. The summed E-state index contributed by atoms with van der Waals surface area (Å²) in [6, 6.07) is 2.08. The maximum atomic E-state index is 11.0. The van der Waals surface area contributed by atoms with Gasteiger partial charge < -0.3 is 15.3 Å². The predicted octanol–water partition coefficient (Wildman–Crippen LogP) is 2.72. The lowest BCUT2D eigenvalue weighted by Crippen LogP contribution is -2.33. The van der Waals surface area contributed by atoms with Crippen molar-refractivity contribution in [2.24, 2.45) is 0 Å². The zero-order valence-corrected chi connectivity index (χ0v) is 12.4. The standard InChI is InChI=1S/C14H20ClN3O2/c1-18(10-4-2-3-5-10)9-8-17-13-12(15)11(14(19)20)6-7-16-13/h6-7,10H,2-5,8-9H2,1H3,(H,16,17)(H,19,20). The molecule has 5 nitrogen and oxygen atoms in total. The highest BCUT2D eigenvalue weighted by molar-refractivity contribution is 6.35. The van der Waals surface area contributed by atoms with Gasteiger partial charge in [-0.3, -0.25) is 0 Å². The number of pyridine rings is 1. The van der Waals surface area contributed by atoms with Gasteiger partial charge in [-0.15, -0.1) is 0 Å². The number of aromatic nitrogens is 1. The molecule has 110 valence electrons. The second kappa shape index (κ2) is 6.90. The van der Waals surface area contributed by atoms with E-state index in [1.807, 2.05) is 0 Å². The normalized spacial score (nSPS) is 15.8. The van der Waals surface area contributed by atoms with E-state index in [1.165, 1.54) is 37.9 Å². The van der Waals surface area contributed by atoms with Crippen molar-refractivity contribution in [3.63, 3.8) is 0 Å². The van der Waals surface area contributed by atoms with Crippen LogP contribution >= 0.6 is 11.6 Å². The third kappa shape index (κ3) is 3.61. The highest BCUT2D eigenvalue weighted by atomic mass is 35.5. The molecule has 1 heterocycles. The quantitative estimate of drug-likeness (QED) is 0.845. The molecule has 1 fully saturated rings. The number of likely N-dealkylation sites (N-methyl/N-ethyl adjacent to an activating group) is 1. The summed E-state index contributed by atoms with van der Waals surface area (Å²) < 4.78 is 0. The molecule has 1 saturated carbocycles. The number of carbonyl (C=O) groups is 1. The smallest absolute Gasteiger partial charge is 0.337 e. The molecule has 2 rings (SSSR count). The van der Waals surface area contributed by atoms with Crippen molar-refractivity contribution in [3.8, 4) is 0 Å². The van der Waals surface area contributed by atoms with Crippen LogP contribution < -0.4 is 5.32 Å². The molecule has 20 heavy (non-hydrogen) atoms. The van der Waals surface area contributed by atoms with E-state index in [0.717, 1.165) is 6.54 Å². The van der Waals surface area contributed by atoms with Crippen molar-refractivity contribution in [2.75, 3.05) is 25.5 Å². The Labute approximate surface area is 123 Å². The summed E-state index contributed by atoms with van der Waals surface area (Å²) in [4.78, 5) is 17.4. The first-order chi connectivity index (χ1) is 9.59. The Morgan fingerprint density at radius 3 is 2.90 bits per heavy atom. The van der Waals surface area contributed by atoms with Gasteiger partial charge in [0.25, 0.3) is 0 Å². The molecule has 0 spiro atoms. The largest absolute Gasteiger partial charge is 0.478 e. The van der Waals surface area contributed by atoms with E-state index >= 15 is 0 Å². The molecule has 2 N–H and O–H groups in total. The van der Waals surface area contributed by atoms with E-state index in [-0.39, 0.29) is 10.6 Å². The molecular weight excluding hydrogens is 278 g/mol. The van der Waals surface area contributed by atoms with Crippen LogP contribution in [0.3, 0.4) is 0 Å². The van der Waals surface area contributed by atoms with Gasteiger partial charge in [0.15, 0.2) is 0 Å². The molecule has 1 aromatic heterocycles. The van der Waals surface area contributed by atoms with Crippen LogP contribution in [0.2, 0.25) is 5.02 Å². The zero-order chi connectivity index (χ0) is 14.5. The number of aromatic carboxylic acids is 1. The maximum absolute atomic E-state index is 11.0. The molecule has 0 amide bonds. The first-order valence-electron chi connectivity index (χ1n) is 6.91. The van der Waals surface area contributed by atoms with E-state index in [2.05, 4.69) is 22.2 Å². The van der Waals surface area contributed by atoms with Gasteiger partial charge in [0.1, 0.15) is 5.82 Å². The minimum Gasteiger partial charge on any atom is -0.478 e. The lowest BCUT2D eigenvalue weighted by Gasteiger charge is -2.24. The van der Waals surface area contributed by atoms with E-state index in [1.54, 1.807) is 0 Å². The fourth-order valence-electron chi connectivity index (χ4n) is 2.61. The SMILES string of the molecule is CN(CCNc1nccc(C(=O)O)c1Cl)C1CCCC1. The number of hydrogen-bond acceptors (Lipinski definition) is 4. The van der Waals surface area contributed by atoms with E-state index < -0.39 is 5.97 Å². The molecule has 0 aliphatic heterocycles. The molecule has 0 saturated heterocycles. The second-order valence-corrected chi connectivity index (χ2v) is 5.55. The van der Waals surface area contributed by atoms with Gasteiger partial charge in [-0.2, -0.15) is 0 Å². The number of carboxylic acids is 1. The third-order valence-electron chi connectivity index (χ3n) is 3.82. The summed E-state index contributed by atoms with van der Waals surface area (Å²) in [5.41, 5.74) is 0.0771.